The Kier molecular flexibility index (Phi) is 2.15. The van der Waals surface area contributed by atoms with Crippen molar-refractivity contribution in [1.82, 2.24) is 24.4 Å². The number of amides is 1. The van der Waals surface area contributed by atoms with Crippen LogP contribution in [-0.2, 0) is 0 Å². The maximum absolute atomic E-state index is 11.2. The molecule has 0 unspecified atom stereocenters. The maximum atomic E-state index is 11.2. The number of hydrogen-bond acceptors (Lipinski definition) is 5. The summed E-state index contributed by atoms with van der Waals surface area (Å²) < 4.78 is 3.64. The zero-order valence-corrected chi connectivity index (χ0v) is 10.9. The van der Waals surface area contributed by atoms with Crippen LogP contribution in [0.1, 0.15) is 9.80 Å². The molecule has 0 atom stereocenters. The monoisotopic (exact) mass is 284 g/mol. The first-order valence-corrected chi connectivity index (χ1v) is 6.62. The van der Waals surface area contributed by atoms with Crippen LogP contribution in [0.5, 0.6) is 0 Å². The molecule has 1 amide bonds. The van der Waals surface area contributed by atoms with Crippen molar-refractivity contribution in [3.05, 3.63) is 41.8 Å². The molecule has 8 heteroatoms. The van der Waals surface area contributed by atoms with Gasteiger partial charge in [0.1, 0.15) is 10.3 Å². The number of thiazole rings is 1. The molecule has 7 nitrogen and oxygen atoms in total. The highest BCUT2D eigenvalue weighted by molar-refractivity contribution is 7.20. The molecule has 0 aliphatic carbocycles. The van der Waals surface area contributed by atoms with Crippen LogP contribution < -0.4 is 5.73 Å². The fraction of sp³-hybridized carbons (Fsp3) is 0. The topological polar surface area (TPSA) is 91.1 Å². The minimum absolute atomic E-state index is 0.311. The van der Waals surface area contributed by atoms with Crippen LogP contribution in [0.2, 0.25) is 0 Å². The van der Waals surface area contributed by atoms with Crippen LogP contribution in [0.15, 0.2) is 36.8 Å². The van der Waals surface area contributed by atoms with Gasteiger partial charge < -0.3 is 10.3 Å². The average Bonchev–Trinajstić information content (AvgIpc) is 3.12. The molecule has 20 heavy (non-hydrogen) atoms. The van der Waals surface area contributed by atoms with E-state index in [1.807, 2.05) is 35.2 Å². The summed E-state index contributed by atoms with van der Waals surface area (Å²) in [6, 6.07) is 5.74. The van der Waals surface area contributed by atoms with E-state index in [-0.39, 0.29) is 0 Å². The second-order valence-electron chi connectivity index (χ2n) is 4.25. The third-order valence-electron chi connectivity index (χ3n) is 3.01. The van der Waals surface area contributed by atoms with Crippen molar-refractivity contribution in [2.24, 2.45) is 5.73 Å². The molecule has 4 heterocycles. The van der Waals surface area contributed by atoms with Gasteiger partial charge in [0.15, 0.2) is 5.01 Å². The van der Waals surface area contributed by atoms with Crippen molar-refractivity contribution in [1.29, 1.82) is 0 Å². The molecule has 0 aliphatic heterocycles. The van der Waals surface area contributed by atoms with Crippen molar-refractivity contribution in [2.45, 2.75) is 0 Å². The quantitative estimate of drug-likeness (QED) is 0.599. The van der Waals surface area contributed by atoms with Crippen molar-refractivity contribution in [2.75, 3.05) is 0 Å². The molecule has 0 aliphatic rings. The summed E-state index contributed by atoms with van der Waals surface area (Å²) in [4.78, 5) is 16.3. The molecule has 0 radical (unpaired) electrons. The third-order valence-corrected chi connectivity index (χ3v) is 4.09. The largest absolute Gasteiger partial charge is 0.364 e. The summed E-state index contributed by atoms with van der Waals surface area (Å²) in [6.07, 6.45) is 5.45. The highest BCUT2D eigenvalue weighted by Gasteiger charge is 2.13. The number of aromatic nitrogens is 5. The highest BCUT2D eigenvalue weighted by Crippen LogP contribution is 2.26. The van der Waals surface area contributed by atoms with Crippen LogP contribution in [0.4, 0.5) is 0 Å². The van der Waals surface area contributed by atoms with E-state index in [4.69, 9.17) is 5.73 Å². The molecule has 0 aromatic carbocycles. The van der Waals surface area contributed by atoms with Gasteiger partial charge in [0.05, 0.1) is 23.6 Å². The normalized spacial score (nSPS) is 11.4. The SMILES string of the molecule is NC(=O)c1nc2ccn(-c3ccc4cnnn4c3)c2s1. The summed E-state index contributed by atoms with van der Waals surface area (Å²) in [5.74, 6) is -0.510. The predicted molar refractivity (Wildman–Crippen MR) is 74.0 cm³/mol. The number of pyridine rings is 1. The second-order valence-corrected chi connectivity index (χ2v) is 5.23. The molecule has 4 aromatic heterocycles. The van der Waals surface area contributed by atoms with E-state index in [0.717, 1.165) is 21.6 Å². The zero-order chi connectivity index (χ0) is 13.7. The van der Waals surface area contributed by atoms with E-state index < -0.39 is 5.91 Å². The second kappa shape index (κ2) is 3.87. The number of nitrogens with zero attached hydrogens (tertiary/aromatic N) is 5. The van der Waals surface area contributed by atoms with Crippen LogP contribution >= 0.6 is 11.3 Å². The summed E-state index contributed by atoms with van der Waals surface area (Å²) in [5.41, 5.74) is 7.85. The minimum atomic E-state index is -0.510. The van der Waals surface area contributed by atoms with Gasteiger partial charge in [-0.25, -0.2) is 9.50 Å². The molecule has 2 N–H and O–H groups in total. The van der Waals surface area contributed by atoms with Crippen molar-refractivity contribution < 1.29 is 4.79 Å². The van der Waals surface area contributed by atoms with Crippen LogP contribution in [0.25, 0.3) is 21.6 Å². The Balaban J connectivity index is 1.93. The molecule has 4 rings (SSSR count). The van der Waals surface area contributed by atoms with Gasteiger partial charge in [-0.15, -0.1) is 5.10 Å². The van der Waals surface area contributed by atoms with Gasteiger partial charge in [-0.3, -0.25) is 4.79 Å². The van der Waals surface area contributed by atoms with E-state index >= 15 is 0 Å². The van der Waals surface area contributed by atoms with E-state index in [9.17, 15) is 4.79 Å². The van der Waals surface area contributed by atoms with Crippen molar-refractivity contribution in [3.63, 3.8) is 0 Å². The van der Waals surface area contributed by atoms with Crippen LogP contribution in [-0.4, -0.2) is 30.3 Å². The van der Waals surface area contributed by atoms with Gasteiger partial charge in [0, 0.05) is 6.20 Å². The number of carbonyl (C=O) groups excluding carboxylic acids is 1. The van der Waals surface area contributed by atoms with Gasteiger partial charge >= 0.3 is 0 Å². The number of hydrogen-bond donors (Lipinski definition) is 1. The summed E-state index contributed by atoms with van der Waals surface area (Å²) in [5, 5.41) is 8.13. The zero-order valence-electron chi connectivity index (χ0n) is 10.1. The van der Waals surface area contributed by atoms with E-state index in [1.54, 1.807) is 10.7 Å². The highest BCUT2D eigenvalue weighted by atomic mass is 32.1. The Morgan fingerprint density at radius 1 is 1.30 bits per heavy atom. The van der Waals surface area contributed by atoms with Crippen LogP contribution in [0, 0.1) is 0 Å². The first-order chi connectivity index (χ1) is 9.72. The van der Waals surface area contributed by atoms with Gasteiger partial charge in [-0.2, -0.15) is 0 Å². The van der Waals surface area contributed by atoms with Gasteiger partial charge in [0.25, 0.3) is 5.91 Å². The maximum Gasteiger partial charge on any atom is 0.277 e. The molecule has 4 aromatic rings. The van der Waals surface area contributed by atoms with E-state index in [1.165, 1.54) is 11.3 Å². The first-order valence-electron chi connectivity index (χ1n) is 5.80. The molecular formula is C12H8N6OS. The molecule has 0 saturated heterocycles. The van der Waals surface area contributed by atoms with E-state index in [0.29, 0.717) is 5.01 Å². The predicted octanol–water partition coefficient (Wildman–Crippen LogP) is 1.23. The number of fused-ring (bicyclic) bond motifs is 2. The standard InChI is InChI=1S/C12H8N6OS/c13-10(19)11-15-9-3-4-17(12(9)20-11)8-2-1-7-5-14-16-18(7)6-8/h1-6H,(H2,13,19). The van der Waals surface area contributed by atoms with Crippen molar-refractivity contribution >= 4 is 33.1 Å². The van der Waals surface area contributed by atoms with E-state index in [2.05, 4.69) is 15.3 Å². The molecule has 98 valence electrons. The number of primary amides is 1. The molecule has 0 spiro atoms. The number of carbonyl (C=O) groups is 1. The fourth-order valence-corrected chi connectivity index (χ4v) is 2.99. The Morgan fingerprint density at radius 3 is 3.05 bits per heavy atom. The molecule has 0 saturated carbocycles. The van der Waals surface area contributed by atoms with Crippen LogP contribution in [0.3, 0.4) is 0 Å². The van der Waals surface area contributed by atoms with Gasteiger partial charge in [-0.05, 0) is 18.2 Å². The smallest absolute Gasteiger partial charge is 0.277 e. The van der Waals surface area contributed by atoms with Crippen molar-refractivity contribution in [3.8, 4) is 5.69 Å². The molecule has 0 fully saturated rings. The number of nitrogens with two attached hydrogens (primary N) is 1. The molecule has 0 bridgehead atoms. The average molecular weight is 284 g/mol. The number of rotatable bonds is 2. The Hall–Kier alpha value is -2.74. The lowest BCUT2D eigenvalue weighted by molar-refractivity contribution is 0.1000. The molecular weight excluding hydrogens is 276 g/mol. The summed E-state index contributed by atoms with van der Waals surface area (Å²) in [7, 11) is 0. The van der Waals surface area contributed by atoms with Gasteiger partial charge in [0.2, 0.25) is 0 Å². The Labute approximate surface area is 116 Å². The Bertz CT molecular complexity index is 949. The minimum Gasteiger partial charge on any atom is -0.364 e. The third kappa shape index (κ3) is 1.51. The summed E-state index contributed by atoms with van der Waals surface area (Å²) in [6.45, 7) is 0. The summed E-state index contributed by atoms with van der Waals surface area (Å²) >= 11 is 1.27. The van der Waals surface area contributed by atoms with Gasteiger partial charge in [-0.1, -0.05) is 16.6 Å². The Morgan fingerprint density at radius 2 is 2.20 bits per heavy atom. The lowest BCUT2D eigenvalue weighted by Gasteiger charge is -2.03. The lowest BCUT2D eigenvalue weighted by Crippen LogP contribution is -2.09. The fourth-order valence-electron chi connectivity index (χ4n) is 2.08. The first kappa shape index (κ1) is 11.1. The lowest BCUT2D eigenvalue weighted by atomic mass is 10.4.